The predicted octanol–water partition coefficient (Wildman–Crippen LogP) is 2.84. The Morgan fingerprint density at radius 2 is 1.54 bits per heavy atom. The van der Waals surface area contributed by atoms with Gasteiger partial charge in [0.25, 0.3) is 0 Å². The highest BCUT2D eigenvalue weighted by molar-refractivity contribution is 6.62. The highest BCUT2D eigenvalue weighted by atomic mass is 16.7. The van der Waals surface area contributed by atoms with E-state index < -0.39 is 47.5 Å². The quantitative estimate of drug-likeness (QED) is 0.376. The van der Waals surface area contributed by atoms with Crippen LogP contribution >= 0.6 is 0 Å². The van der Waals surface area contributed by atoms with Crippen LogP contribution in [0.2, 0.25) is 0 Å². The van der Waals surface area contributed by atoms with Gasteiger partial charge in [-0.25, -0.2) is 4.79 Å². The van der Waals surface area contributed by atoms with Gasteiger partial charge in [-0.3, -0.25) is 9.59 Å². The van der Waals surface area contributed by atoms with E-state index in [2.05, 4.69) is 10.6 Å². The first kappa shape index (κ1) is 29.1. The van der Waals surface area contributed by atoms with E-state index in [1.165, 1.54) is 0 Å². The summed E-state index contributed by atoms with van der Waals surface area (Å²) in [5.41, 5.74) is 4.35. The van der Waals surface area contributed by atoms with Gasteiger partial charge < -0.3 is 30.4 Å². The Balaban J connectivity index is 1.71. The SMILES string of the molecule is CC(C)(C)OC(=O)NC1(C(=O)NC(CN)C(=O)c2ccc(B3OC(C)(C)C(C)(C)O3)cc2)CCCCC1. The lowest BCUT2D eigenvalue weighted by Crippen LogP contribution is -2.63. The van der Waals surface area contributed by atoms with Crippen molar-refractivity contribution in [3.05, 3.63) is 29.8 Å². The number of amides is 2. The van der Waals surface area contributed by atoms with Crippen molar-refractivity contribution in [2.75, 3.05) is 6.54 Å². The van der Waals surface area contributed by atoms with Gasteiger partial charge in [-0.1, -0.05) is 43.5 Å². The van der Waals surface area contributed by atoms with E-state index in [1.807, 2.05) is 27.7 Å². The summed E-state index contributed by atoms with van der Waals surface area (Å²) < 4.78 is 17.6. The lowest BCUT2D eigenvalue weighted by Gasteiger charge is -2.37. The molecule has 0 radical (unpaired) electrons. The number of hydrogen-bond donors (Lipinski definition) is 3. The first-order valence-corrected chi connectivity index (χ1v) is 13.1. The third-order valence-electron chi connectivity index (χ3n) is 7.46. The number of hydrogen-bond acceptors (Lipinski definition) is 7. The third kappa shape index (κ3) is 6.72. The molecule has 9 nitrogen and oxygen atoms in total. The number of alkyl carbamates (subject to hydrolysis) is 1. The first-order chi connectivity index (χ1) is 17.1. The van der Waals surface area contributed by atoms with Crippen LogP contribution in [0.5, 0.6) is 0 Å². The zero-order valence-electron chi connectivity index (χ0n) is 23.2. The van der Waals surface area contributed by atoms with Gasteiger partial charge in [-0.15, -0.1) is 0 Å². The second kappa shape index (κ2) is 10.7. The monoisotopic (exact) mass is 515 g/mol. The second-order valence-electron chi connectivity index (χ2n) is 12.1. The maximum Gasteiger partial charge on any atom is 0.494 e. The second-order valence-corrected chi connectivity index (χ2v) is 12.1. The third-order valence-corrected chi connectivity index (χ3v) is 7.46. The smallest absolute Gasteiger partial charge is 0.444 e. The molecule has 1 saturated heterocycles. The summed E-state index contributed by atoms with van der Waals surface area (Å²) in [4.78, 5) is 39.3. The van der Waals surface area contributed by atoms with Gasteiger partial charge in [0, 0.05) is 12.1 Å². The largest absolute Gasteiger partial charge is 0.494 e. The van der Waals surface area contributed by atoms with E-state index in [-0.39, 0.29) is 12.3 Å². The molecule has 1 aliphatic heterocycles. The van der Waals surface area contributed by atoms with Gasteiger partial charge in [0.1, 0.15) is 17.2 Å². The average Bonchev–Trinajstić information content (AvgIpc) is 3.03. The minimum atomic E-state index is -1.14. The van der Waals surface area contributed by atoms with Gasteiger partial charge in [0.2, 0.25) is 5.91 Å². The maximum absolute atomic E-state index is 13.5. The fourth-order valence-electron chi connectivity index (χ4n) is 4.58. The Hall–Kier alpha value is -2.43. The standard InChI is InChI=1S/C27H42BN3O6/c1-24(2,3)35-23(34)31-27(15-9-8-10-16-27)22(33)30-20(17-29)21(32)18-11-13-19(14-12-18)28-36-25(4,5)26(6,7)37-28/h11-14,20H,8-10,15-17,29H2,1-7H3,(H,30,33)(H,31,34). The predicted molar refractivity (Wildman–Crippen MR) is 143 cm³/mol. The normalized spacial score (nSPS) is 21.1. The molecule has 204 valence electrons. The summed E-state index contributed by atoms with van der Waals surface area (Å²) in [6.07, 6.45) is 2.81. The zero-order chi connectivity index (χ0) is 27.6. The van der Waals surface area contributed by atoms with Crippen LogP contribution in [0.3, 0.4) is 0 Å². The Kier molecular flexibility index (Phi) is 8.46. The van der Waals surface area contributed by atoms with Crippen molar-refractivity contribution in [3.8, 4) is 0 Å². The lowest BCUT2D eigenvalue weighted by atomic mass is 9.78. The number of carbonyl (C=O) groups is 3. The van der Waals surface area contributed by atoms with Crippen LogP contribution in [-0.4, -0.2) is 59.8 Å². The summed E-state index contributed by atoms with van der Waals surface area (Å²) in [5.74, 6) is -0.727. The number of nitrogens with one attached hydrogen (secondary N) is 2. The molecule has 1 aromatic rings. The number of rotatable bonds is 7. The van der Waals surface area contributed by atoms with Crippen molar-refractivity contribution in [2.24, 2.45) is 5.73 Å². The Bertz CT molecular complexity index is 980. The van der Waals surface area contributed by atoms with Crippen molar-refractivity contribution in [3.63, 3.8) is 0 Å². The molecule has 2 amide bonds. The minimum absolute atomic E-state index is 0.0773. The highest BCUT2D eigenvalue weighted by Crippen LogP contribution is 2.36. The van der Waals surface area contributed by atoms with E-state index in [0.29, 0.717) is 18.4 Å². The van der Waals surface area contributed by atoms with Crippen LogP contribution in [0, 0.1) is 0 Å². The number of benzene rings is 1. The minimum Gasteiger partial charge on any atom is -0.444 e. The zero-order valence-corrected chi connectivity index (χ0v) is 23.2. The van der Waals surface area contributed by atoms with Gasteiger partial charge >= 0.3 is 13.2 Å². The van der Waals surface area contributed by atoms with Gasteiger partial charge in [0.05, 0.1) is 11.2 Å². The molecule has 1 aliphatic carbocycles. The number of ketones is 1. The van der Waals surface area contributed by atoms with Crippen molar-refractivity contribution in [2.45, 2.75) is 109 Å². The lowest BCUT2D eigenvalue weighted by molar-refractivity contribution is -0.129. The van der Waals surface area contributed by atoms with Crippen LogP contribution in [0.25, 0.3) is 0 Å². The average molecular weight is 515 g/mol. The van der Waals surface area contributed by atoms with Crippen LogP contribution in [0.4, 0.5) is 4.79 Å². The topological polar surface area (TPSA) is 129 Å². The molecule has 0 aromatic heterocycles. The molecule has 1 heterocycles. The summed E-state index contributed by atoms with van der Waals surface area (Å²) >= 11 is 0. The summed E-state index contributed by atoms with van der Waals surface area (Å²) in [6, 6.07) is 6.02. The molecule has 1 unspecified atom stereocenters. The summed E-state index contributed by atoms with van der Waals surface area (Å²) in [6.45, 7) is 13.1. The van der Waals surface area contributed by atoms with Crippen LogP contribution in [-0.2, 0) is 18.8 Å². The molecule has 4 N–H and O–H groups in total. The molecule has 1 aromatic carbocycles. The number of carbonyl (C=O) groups excluding carboxylic acids is 3. The molecule has 0 spiro atoms. The van der Waals surface area contributed by atoms with Crippen LogP contribution in [0.15, 0.2) is 24.3 Å². The molecule has 37 heavy (non-hydrogen) atoms. The van der Waals surface area contributed by atoms with E-state index in [4.69, 9.17) is 19.8 Å². The summed E-state index contributed by atoms with van der Waals surface area (Å²) in [7, 11) is -0.538. The Morgan fingerprint density at radius 3 is 2.03 bits per heavy atom. The van der Waals surface area contributed by atoms with Crippen LogP contribution < -0.4 is 21.8 Å². The van der Waals surface area contributed by atoms with Crippen molar-refractivity contribution < 1.29 is 28.4 Å². The maximum atomic E-state index is 13.5. The fraction of sp³-hybridized carbons (Fsp3) is 0.667. The van der Waals surface area contributed by atoms with E-state index >= 15 is 0 Å². The molecule has 10 heteroatoms. The highest BCUT2D eigenvalue weighted by Gasteiger charge is 2.51. The fourth-order valence-corrected chi connectivity index (χ4v) is 4.58. The number of Topliss-reactive ketones (excluding diaryl/α,β-unsaturated/α-hetero) is 1. The van der Waals surface area contributed by atoms with Gasteiger partial charge in [0.15, 0.2) is 5.78 Å². The van der Waals surface area contributed by atoms with Crippen molar-refractivity contribution >= 4 is 30.4 Å². The molecule has 1 saturated carbocycles. The molecular weight excluding hydrogens is 473 g/mol. The molecule has 2 fully saturated rings. The Morgan fingerprint density at radius 1 is 1.00 bits per heavy atom. The number of nitrogens with two attached hydrogens (primary N) is 1. The van der Waals surface area contributed by atoms with Crippen molar-refractivity contribution in [1.82, 2.24) is 10.6 Å². The van der Waals surface area contributed by atoms with Crippen molar-refractivity contribution in [1.29, 1.82) is 0 Å². The van der Waals surface area contributed by atoms with E-state index in [1.54, 1.807) is 45.0 Å². The van der Waals surface area contributed by atoms with Gasteiger partial charge in [-0.2, -0.15) is 0 Å². The molecule has 1 atom stereocenters. The van der Waals surface area contributed by atoms with E-state index in [9.17, 15) is 14.4 Å². The molecule has 2 aliphatic rings. The Labute approximate surface area is 220 Å². The summed E-state index contributed by atoms with van der Waals surface area (Å²) in [5, 5.41) is 5.60. The van der Waals surface area contributed by atoms with Gasteiger partial charge in [-0.05, 0) is 66.8 Å². The molecular formula is C27H42BN3O6. The first-order valence-electron chi connectivity index (χ1n) is 13.1. The van der Waals surface area contributed by atoms with E-state index in [0.717, 1.165) is 24.7 Å². The number of ether oxygens (including phenoxy) is 1. The molecule has 3 rings (SSSR count). The molecule has 0 bridgehead atoms. The van der Waals surface area contributed by atoms with Crippen LogP contribution in [0.1, 0.15) is 90.9 Å².